The van der Waals surface area contributed by atoms with Gasteiger partial charge in [-0.3, -0.25) is 5.10 Å². The summed E-state index contributed by atoms with van der Waals surface area (Å²) in [7, 11) is 0. The van der Waals surface area contributed by atoms with Crippen molar-refractivity contribution in [2.75, 3.05) is 0 Å². The zero-order valence-corrected chi connectivity index (χ0v) is 17.0. The molecule has 0 saturated carbocycles. The van der Waals surface area contributed by atoms with E-state index in [2.05, 4.69) is 22.0 Å². The summed E-state index contributed by atoms with van der Waals surface area (Å²) in [6.07, 6.45) is 1.77. The second kappa shape index (κ2) is 8.10. The van der Waals surface area contributed by atoms with E-state index in [1.165, 1.54) is 0 Å². The number of H-pyrrole nitrogens is 1. The number of nitrogens with zero attached hydrogens (tertiary/aromatic N) is 2. The highest BCUT2D eigenvalue weighted by Crippen LogP contribution is 2.40. The summed E-state index contributed by atoms with van der Waals surface area (Å²) in [6, 6.07) is 14.7. The summed E-state index contributed by atoms with van der Waals surface area (Å²) in [5.41, 5.74) is 6.37. The molecule has 150 valence electrons. The maximum absolute atomic E-state index is 15.1. The quantitative estimate of drug-likeness (QED) is 0.385. The molecule has 0 aliphatic heterocycles. The first-order valence-corrected chi connectivity index (χ1v) is 9.94. The van der Waals surface area contributed by atoms with Crippen LogP contribution >= 0.6 is 0 Å². The summed E-state index contributed by atoms with van der Waals surface area (Å²) in [5, 5.41) is 17.5. The standard InChI is InChI=1S/C25H22FN3O/c1-4-5-17-10-15(2)24(21(26)11-17)19-12-20-23(13-22(19)27-3)28-29-25(20)18-8-6-16(14-30)7-9-18/h6-13,30H,4-5,14H2,1-2H3,(H,28,29). The highest BCUT2D eigenvalue weighted by Gasteiger charge is 2.18. The van der Waals surface area contributed by atoms with E-state index < -0.39 is 0 Å². The van der Waals surface area contributed by atoms with E-state index in [0.717, 1.165) is 51.7 Å². The first kappa shape index (κ1) is 19.8. The molecule has 4 nitrogen and oxygen atoms in total. The Hall–Kier alpha value is -3.49. The van der Waals surface area contributed by atoms with Crippen molar-refractivity contribution in [2.24, 2.45) is 0 Å². The van der Waals surface area contributed by atoms with Gasteiger partial charge in [0.2, 0.25) is 0 Å². The second-order valence-electron chi connectivity index (χ2n) is 7.47. The minimum absolute atomic E-state index is 0.0211. The number of halogens is 1. The number of aromatic amines is 1. The van der Waals surface area contributed by atoms with Crippen molar-refractivity contribution in [1.29, 1.82) is 0 Å². The highest BCUT2D eigenvalue weighted by molar-refractivity contribution is 6.00. The van der Waals surface area contributed by atoms with Gasteiger partial charge in [-0.25, -0.2) is 9.24 Å². The van der Waals surface area contributed by atoms with Crippen molar-refractivity contribution in [1.82, 2.24) is 10.2 Å². The summed E-state index contributed by atoms with van der Waals surface area (Å²) in [4.78, 5) is 3.65. The Labute approximate surface area is 174 Å². The molecule has 0 atom stereocenters. The van der Waals surface area contributed by atoms with Crippen molar-refractivity contribution in [3.05, 3.63) is 82.5 Å². The summed E-state index contributed by atoms with van der Waals surface area (Å²) >= 11 is 0. The zero-order valence-electron chi connectivity index (χ0n) is 17.0. The highest BCUT2D eigenvalue weighted by atomic mass is 19.1. The second-order valence-corrected chi connectivity index (χ2v) is 7.47. The van der Waals surface area contributed by atoms with Crippen molar-refractivity contribution in [3.8, 4) is 22.4 Å². The molecule has 0 bridgehead atoms. The number of hydrogen-bond donors (Lipinski definition) is 2. The van der Waals surface area contributed by atoms with Crippen LogP contribution in [0.4, 0.5) is 10.1 Å². The normalized spacial score (nSPS) is 11.0. The molecule has 0 amide bonds. The molecule has 0 aliphatic rings. The molecule has 4 aromatic rings. The average Bonchev–Trinajstić information content (AvgIpc) is 3.16. The summed E-state index contributed by atoms with van der Waals surface area (Å²) in [6.45, 7) is 11.6. The van der Waals surface area contributed by atoms with Gasteiger partial charge in [-0.2, -0.15) is 5.10 Å². The van der Waals surface area contributed by atoms with E-state index in [-0.39, 0.29) is 12.4 Å². The van der Waals surface area contributed by atoms with Gasteiger partial charge in [0.1, 0.15) is 5.82 Å². The number of hydrogen-bond acceptors (Lipinski definition) is 2. The molecule has 0 aliphatic carbocycles. The van der Waals surface area contributed by atoms with E-state index in [1.807, 2.05) is 43.3 Å². The van der Waals surface area contributed by atoms with Gasteiger partial charge in [-0.05, 0) is 47.7 Å². The molecule has 5 heteroatoms. The third-order valence-corrected chi connectivity index (χ3v) is 5.36. The van der Waals surface area contributed by atoms with Crippen molar-refractivity contribution in [2.45, 2.75) is 33.3 Å². The number of aliphatic hydroxyl groups is 1. The first-order valence-electron chi connectivity index (χ1n) is 9.94. The molecule has 0 radical (unpaired) electrons. The molecule has 0 unspecified atom stereocenters. The van der Waals surface area contributed by atoms with Gasteiger partial charge in [-0.1, -0.05) is 49.7 Å². The fraction of sp³-hybridized carbons (Fsp3) is 0.200. The van der Waals surface area contributed by atoms with Gasteiger partial charge in [0.15, 0.2) is 5.69 Å². The van der Waals surface area contributed by atoms with Crippen LogP contribution in [0.1, 0.15) is 30.0 Å². The van der Waals surface area contributed by atoms with Crippen LogP contribution in [0.25, 0.3) is 38.1 Å². The first-order chi connectivity index (χ1) is 14.5. The molecule has 4 rings (SSSR count). The number of aliphatic hydroxyl groups excluding tert-OH is 1. The lowest BCUT2D eigenvalue weighted by Gasteiger charge is -2.13. The topological polar surface area (TPSA) is 53.3 Å². The molecule has 1 heterocycles. The van der Waals surface area contributed by atoms with Gasteiger partial charge >= 0.3 is 0 Å². The predicted molar refractivity (Wildman–Crippen MR) is 118 cm³/mol. The number of benzene rings is 3. The fourth-order valence-electron chi connectivity index (χ4n) is 3.92. The van der Waals surface area contributed by atoms with E-state index in [1.54, 1.807) is 12.1 Å². The Balaban J connectivity index is 1.91. The van der Waals surface area contributed by atoms with Crippen LogP contribution in [0.15, 0.2) is 48.5 Å². The maximum Gasteiger partial charge on any atom is 0.197 e. The van der Waals surface area contributed by atoms with Crippen LogP contribution in [0.3, 0.4) is 0 Å². The molecule has 0 saturated heterocycles. The Bertz CT molecular complexity index is 1240. The number of nitrogens with one attached hydrogen (secondary N) is 1. The predicted octanol–water partition coefficient (Wildman–Crippen LogP) is 6.34. The van der Waals surface area contributed by atoms with Crippen molar-refractivity contribution >= 4 is 16.6 Å². The van der Waals surface area contributed by atoms with Crippen LogP contribution in [-0.2, 0) is 13.0 Å². The zero-order chi connectivity index (χ0) is 21.3. The SMILES string of the molecule is [C-]#[N+]c1cc2[nH]nc(-c3ccc(CO)cc3)c2cc1-c1c(C)cc(CCC)cc1F. The van der Waals surface area contributed by atoms with Crippen molar-refractivity contribution < 1.29 is 9.50 Å². The van der Waals surface area contributed by atoms with E-state index in [9.17, 15) is 5.11 Å². The number of aryl methyl sites for hydroxylation is 2. The van der Waals surface area contributed by atoms with Gasteiger partial charge in [0, 0.05) is 16.5 Å². The molecule has 1 aromatic heterocycles. The maximum atomic E-state index is 15.1. The molecule has 2 N–H and O–H groups in total. The Morgan fingerprint density at radius 3 is 2.50 bits per heavy atom. The molecule has 0 fully saturated rings. The molecular formula is C25H22FN3O. The van der Waals surface area contributed by atoms with E-state index in [4.69, 9.17) is 6.57 Å². The van der Waals surface area contributed by atoms with Gasteiger partial charge in [-0.15, -0.1) is 0 Å². The third-order valence-electron chi connectivity index (χ3n) is 5.36. The monoisotopic (exact) mass is 399 g/mol. The molecule has 30 heavy (non-hydrogen) atoms. The minimum atomic E-state index is -0.306. The number of fused-ring (bicyclic) bond motifs is 1. The number of rotatable bonds is 5. The van der Waals surface area contributed by atoms with Crippen molar-refractivity contribution in [3.63, 3.8) is 0 Å². The molecular weight excluding hydrogens is 377 g/mol. The fourth-order valence-corrected chi connectivity index (χ4v) is 3.92. The smallest absolute Gasteiger partial charge is 0.197 e. The van der Waals surface area contributed by atoms with E-state index in [0.29, 0.717) is 16.8 Å². The summed E-state index contributed by atoms with van der Waals surface area (Å²) < 4.78 is 15.1. The molecule has 0 spiro atoms. The largest absolute Gasteiger partial charge is 0.392 e. The summed E-state index contributed by atoms with van der Waals surface area (Å²) in [5.74, 6) is -0.306. The Morgan fingerprint density at radius 1 is 1.10 bits per heavy atom. The van der Waals surface area contributed by atoms with Crippen LogP contribution < -0.4 is 0 Å². The molecule has 3 aromatic carbocycles. The lowest BCUT2D eigenvalue weighted by atomic mass is 9.93. The Morgan fingerprint density at radius 2 is 1.87 bits per heavy atom. The van der Waals surface area contributed by atoms with E-state index >= 15 is 4.39 Å². The van der Waals surface area contributed by atoms with Gasteiger partial charge in [0.25, 0.3) is 0 Å². The van der Waals surface area contributed by atoms with Gasteiger partial charge in [0.05, 0.1) is 24.4 Å². The van der Waals surface area contributed by atoms with Crippen LogP contribution in [-0.4, -0.2) is 15.3 Å². The lowest BCUT2D eigenvalue weighted by Crippen LogP contribution is -1.94. The van der Waals surface area contributed by atoms with Crippen LogP contribution in [0.5, 0.6) is 0 Å². The number of aromatic nitrogens is 2. The third kappa shape index (κ3) is 3.47. The Kier molecular flexibility index (Phi) is 5.35. The van der Waals surface area contributed by atoms with Crippen LogP contribution in [0, 0.1) is 19.3 Å². The average molecular weight is 399 g/mol. The van der Waals surface area contributed by atoms with Gasteiger partial charge < -0.3 is 5.11 Å². The lowest BCUT2D eigenvalue weighted by molar-refractivity contribution is 0.282. The minimum Gasteiger partial charge on any atom is -0.392 e. The van der Waals surface area contributed by atoms with Crippen LogP contribution in [0.2, 0.25) is 0 Å².